The highest BCUT2D eigenvalue weighted by atomic mass is 15.1. The lowest BCUT2D eigenvalue weighted by Crippen LogP contribution is -2.29. The molecule has 0 aliphatic carbocycles. The zero-order chi connectivity index (χ0) is 12.4. The number of likely N-dealkylation sites (tertiary alicyclic amines) is 1. The van der Waals surface area contributed by atoms with E-state index >= 15 is 0 Å². The monoisotopic (exact) mass is 244 g/mol. The molecule has 4 nitrogen and oxygen atoms in total. The molecular formula is C14H20N4. The number of nitrogens with one attached hydrogen (secondary N) is 1. The van der Waals surface area contributed by atoms with Crippen LogP contribution < -0.4 is 5.73 Å². The number of hydrogen-bond donors (Lipinski definition) is 2. The van der Waals surface area contributed by atoms with Crippen LogP contribution in [0.15, 0.2) is 18.2 Å². The molecule has 0 radical (unpaired) electrons. The number of aromatic nitrogens is 2. The number of benzene rings is 1. The van der Waals surface area contributed by atoms with Gasteiger partial charge in [-0.15, -0.1) is 0 Å². The van der Waals surface area contributed by atoms with E-state index in [1.807, 2.05) is 12.1 Å². The average Bonchev–Trinajstić information content (AvgIpc) is 2.80. The van der Waals surface area contributed by atoms with Crippen molar-refractivity contribution in [2.75, 3.05) is 13.1 Å². The van der Waals surface area contributed by atoms with Crippen LogP contribution in [-0.2, 0) is 13.1 Å². The standard InChI is InChI=1S/C14H20N4/c15-9-11-4-5-12-13(8-11)17-14(16-12)10-18-6-2-1-3-7-18/h4-5,8H,1-3,6-7,9-10,15H2,(H,16,17). The lowest BCUT2D eigenvalue weighted by atomic mass is 10.1. The summed E-state index contributed by atoms with van der Waals surface area (Å²) in [5, 5.41) is 0. The first-order valence-electron chi connectivity index (χ1n) is 6.75. The van der Waals surface area contributed by atoms with Gasteiger partial charge in [0.15, 0.2) is 0 Å². The SMILES string of the molecule is NCc1ccc2nc(CN3CCCCC3)[nH]c2c1. The van der Waals surface area contributed by atoms with Gasteiger partial charge in [0.25, 0.3) is 0 Å². The Kier molecular flexibility index (Phi) is 3.30. The summed E-state index contributed by atoms with van der Waals surface area (Å²) in [6, 6.07) is 6.20. The summed E-state index contributed by atoms with van der Waals surface area (Å²) < 4.78 is 0. The lowest BCUT2D eigenvalue weighted by Gasteiger charge is -2.25. The highest BCUT2D eigenvalue weighted by Gasteiger charge is 2.12. The number of rotatable bonds is 3. The van der Waals surface area contributed by atoms with Gasteiger partial charge in [0.05, 0.1) is 17.6 Å². The minimum Gasteiger partial charge on any atom is -0.341 e. The predicted molar refractivity (Wildman–Crippen MR) is 73.1 cm³/mol. The zero-order valence-electron chi connectivity index (χ0n) is 10.7. The van der Waals surface area contributed by atoms with Crippen LogP contribution in [0.5, 0.6) is 0 Å². The highest BCUT2D eigenvalue weighted by molar-refractivity contribution is 5.75. The highest BCUT2D eigenvalue weighted by Crippen LogP contribution is 2.16. The molecule has 4 heteroatoms. The molecule has 3 N–H and O–H groups in total. The van der Waals surface area contributed by atoms with Gasteiger partial charge >= 0.3 is 0 Å². The van der Waals surface area contributed by atoms with Gasteiger partial charge in [0.2, 0.25) is 0 Å². The van der Waals surface area contributed by atoms with Crippen molar-refractivity contribution in [3.63, 3.8) is 0 Å². The first-order valence-corrected chi connectivity index (χ1v) is 6.75. The Labute approximate surface area is 107 Å². The molecule has 1 aromatic carbocycles. The Morgan fingerprint density at radius 1 is 1.22 bits per heavy atom. The van der Waals surface area contributed by atoms with Crippen molar-refractivity contribution < 1.29 is 0 Å². The Morgan fingerprint density at radius 2 is 2.06 bits per heavy atom. The predicted octanol–water partition coefficient (Wildman–Crippen LogP) is 2.01. The summed E-state index contributed by atoms with van der Waals surface area (Å²) in [4.78, 5) is 10.5. The normalized spacial score (nSPS) is 17.4. The molecule has 2 heterocycles. The van der Waals surface area contributed by atoms with Gasteiger partial charge in [-0.25, -0.2) is 4.98 Å². The van der Waals surface area contributed by atoms with Crippen LogP contribution in [0.4, 0.5) is 0 Å². The number of H-pyrrole nitrogens is 1. The van der Waals surface area contributed by atoms with Crippen LogP contribution in [0.1, 0.15) is 30.7 Å². The molecule has 1 aromatic heterocycles. The second kappa shape index (κ2) is 5.08. The lowest BCUT2D eigenvalue weighted by molar-refractivity contribution is 0.216. The molecule has 18 heavy (non-hydrogen) atoms. The summed E-state index contributed by atoms with van der Waals surface area (Å²) >= 11 is 0. The van der Waals surface area contributed by atoms with E-state index in [0.29, 0.717) is 6.54 Å². The Balaban J connectivity index is 1.79. The minimum atomic E-state index is 0.580. The molecule has 0 bridgehead atoms. The summed E-state index contributed by atoms with van der Waals surface area (Å²) in [6.45, 7) is 3.92. The molecule has 0 unspecified atom stereocenters. The molecule has 1 aliphatic rings. The number of aromatic amines is 1. The molecule has 0 spiro atoms. The first-order chi connectivity index (χ1) is 8.85. The van der Waals surface area contributed by atoms with Crippen LogP contribution in [0.25, 0.3) is 11.0 Å². The van der Waals surface area contributed by atoms with E-state index in [9.17, 15) is 0 Å². The molecule has 1 aliphatic heterocycles. The number of hydrogen-bond acceptors (Lipinski definition) is 3. The molecule has 1 fully saturated rings. The van der Waals surface area contributed by atoms with E-state index in [2.05, 4.69) is 20.9 Å². The van der Waals surface area contributed by atoms with Crippen LogP contribution in [0.2, 0.25) is 0 Å². The second-order valence-corrected chi connectivity index (χ2v) is 5.08. The van der Waals surface area contributed by atoms with E-state index in [-0.39, 0.29) is 0 Å². The third-order valence-corrected chi connectivity index (χ3v) is 3.65. The summed E-state index contributed by atoms with van der Waals surface area (Å²) in [7, 11) is 0. The van der Waals surface area contributed by atoms with Crippen molar-refractivity contribution >= 4 is 11.0 Å². The maximum Gasteiger partial charge on any atom is 0.121 e. The van der Waals surface area contributed by atoms with Gasteiger partial charge in [-0.2, -0.15) is 0 Å². The summed E-state index contributed by atoms with van der Waals surface area (Å²) in [5.41, 5.74) is 8.95. The minimum absolute atomic E-state index is 0.580. The molecule has 96 valence electrons. The summed E-state index contributed by atoms with van der Waals surface area (Å²) in [6.07, 6.45) is 4.01. The zero-order valence-corrected chi connectivity index (χ0v) is 10.7. The van der Waals surface area contributed by atoms with Crippen LogP contribution in [-0.4, -0.2) is 28.0 Å². The number of piperidine rings is 1. The van der Waals surface area contributed by atoms with E-state index < -0.39 is 0 Å². The summed E-state index contributed by atoms with van der Waals surface area (Å²) in [5.74, 6) is 1.07. The molecule has 2 aromatic rings. The quantitative estimate of drug-likeness (QED) is 0.868. The fraction of sp³-hybridized carbons (Fsp3) is 0.500. The van der Waals surface area contributed by atoms with Crippen molar-refractivity contribution in [2.24, 2.45) is 5.73 Å². The van der Waals surface area contributed by atoms with E-state index in [1.54, 1.807) is 0 Å². The molecular weight excluding hydrogens is 224 g/mol. The molecule has 1 saturated heterocycles. The van der Waals surface area contributed by atoms with E-state index in [0.717, 1.165) is 29.0 Å². The molecule has 0 atom stereocenters. The van der Waals surface area contributed by atoms with Gasteiger partial charge < -0.3 is 10.7 Å². The van der Waals surface area contributed by atoms with E-state index in [4.69, 9.17) is 5.73 Å². The third kappa shape index (κ3) is 2.40. The van der Waals surface area contributed by atoms with Crippen molar-refractivity contribution in [1.82, 2.24) is 14.9 Å². The maximum absolute atomic E-state index is 5.65. The van der Waals surface area contributed by atoms with Crippen LogP contribution in [0.3, 0.4) is 0 Å². The van der Waals surface area contributed by atoms with Gasteiger partial charge in [-0.1, -0.05) is 12.5 Å². The fourth-order valence-electron chi connectivity index (χ4n) is 2.64. The number of nitrogens with two attached hydrogens (primary N) is 1. The number of nitrogens with zero attached hydrogens (tertiary/aromatic N) is 2. The van der Waals surface area contributed by atoms with Gasteiger partial charge in [-0.3, -0.25) is 4.90 Å². The molecule has 3 rings (SSSR count). The largest absolute Gasteiger partial charge is 0.341 e. The van der Waals surface area contributed by atoms with Crippen LogP contribution >= 0.6 is 0 Å². The second-order valence-electron chi connectivity index (χ2n) is 5.08. The van der Waals surface area contributed by atoms with Crippen molar-refractivity contribution in [2.45, 2.75) is 32.4 Å². The Hall–Kier alpha value is -1.39. The average molecular weight is 244 g/mol. The Morgan fingerprint density at radius 3 is 2.83 bits per heavy atom. The van der Waals surface area contributed by atoms with E-state index in [1.165, 1.54) is 32.4 Å². The van der Waals surface area contributed by atoms with Crippen molar-refractivity contribution in [1.29, 1.82) is 0 Å². The van der Waals surface area contributed by atoms with Crippen molar-refractivity contribution in [3.8, 4) is 0 Å². The number of imidazole rings is 1. The fourth-order valence-corrected chi connectivity index (χ4v) is 2.64. The smallest absolute Gasteiger partial charge is 0.121 e. The maximum atomic E-state index is 5.65. The van der Waals surface area contributed by atoms with Gasteiger partial charge in [0, 0.05) is 6.54 Å². The number of fused-ring (bicyclic) bond motifs is 1. The third-order valence-electron chi connectivity index (χ3n) is 3.65. The first kappa shape index (κ1) is 11.7. The van der Waals surface area contributed by atoms with Crippen molar-refractivity contribution in [3.05, 3.63) is 29.6 Å². The van der Waals surface area contributed by atoms with Gasteiger partial charge in [-0.05, 0) is 43.6 Å². The topological polar surface area (TPSA) is 57.9 Å². The Bertz CT molecular complexity index is 526. The van der Waals surface area contributed by atoms with Gasteiger partial charge in [0.1, 0.15) is 5.82 Å². The molecule has 0 saturated carbocycles. The molecule has 0 amide bonds. The van der Waals surface area contributed by atoms with Crippen LogP contribution in [0, 0.1) is 0 Å².